The average molecular weight is 243 g/mol. The van der Waals surface area contributed by atoms with Crippen LogP contribution in [0.4, 0.5) is 0 Å². The SMILES string of the molecule is CC.CCC(CC1(C)CCNCC1)C(C)OC. The zero-order valence-electron chi connectivity index (χ0n) is 12.8. The Balaban J connectivity index is 0.00000121. The Labute approximate surface area is 109 Å². The summed E-state index contributed by atoms with van der Waals surface area (Å²) in [5, 5.41) is 3.44. The van der Waals surface area contributed by atoms with Crippen LogP contribution in [0.2, 0.25) is 0 Å². The molecule has 1 aliphatic heterocycles. The van der Waals surface area contributed by atoms with Gasteiger partial charge in [0.25, 0.3) is 0 Å². The van der Waals surface area contributed by atoms with Gasteiger partial charge in [-0.3, -0.25) is 0 Å². The quantitative estimate of drug-likeness (QED) is 0.792. The molecular weight excluding hydrogens is 210 g/mol. The van der Waals surface area contributed by atoms with Gasteiger partial charge >= 0.3 is 0 Å². The summed E-state index contributed by atoms with van der Waals surface area (Å²) in [6.45, 7) is 13.3. The molecule has 2 atom stereocenters. The third kappa shape index (κ3) is 5.87. The predicted molar refractivity (Wildman–Crippen MR) is 76.4 cm³/mol. The molecule has 0 aliphatic carbocycles. The lowest BCUT2D eigenvalue weighted by Crippen LogP contribution is -2.37. The Kier molecular flexibility index (Phi) is 8.89. The van der Waals surface area contributed by atoms with Gasteiger partial charge in [-0.1, -0.05) is 34.1 Å². The Morgan fingerprint density at radius 3 is 2.18 bits per heavy atom. The lowest BCUT2D eigenvalue weighted by atomic mass is 9.72. The van der Waals surface area contributed by atoms with Gasteiger partial charge in [-0.05, 0) is 50.6 Å². The highest BCUT2D eigenvalue weighted by Gasteiger charge is 2.31. The highest BCUT2D eigenvalue weighted by atomic mass is 16.5. The molecule has 2 heteroatoms. The third-order valence-electron chi connectivity index (χ3n) is 4.13. The fraction of sp³-hybridized carbons (Fsp3) is 1.00. The van der Waals surface area contributed by atoms with Crippen molar-refractivity contribution >= 4 is 0 Å². The Hall–Kier alpha value is -0.0800. The minimum absolute atomic E-state index is 0.404. The van der Waals surface area contributed by atoms with Gasteiger partial charge < -0.3 is 10.1 Å². The fourth-order valence-corrected chi connectivity index (χ4v) is 2.70. The van der Waals surface area contributed by atoms with Crippen LogP contribution < -0.4 is 5.32 Å². The first-order chi connectivity index (χ1) is 8.11. The first-order valence-corrected chi connectivity index (χ1v) is 7.35. The molecule has 1 fully saturated rings. The van der Waals surface area contributed by atoms with E-state index in [4.69, 9.17) is 4.74 Å². The van der Waals surface area contributed by atoms with Crippen LogP contribution in [0, 0.1) is 11.3 Å². The highest BCUT2D eigenvalue weighted by Crippen LogP contribution is 2.37. The predicted octanol–water partition coefficient (Wildman–Crippen LogP) is 3.85. The minimum Gasteiger partial charge on any atom is -0.381 e. The summed E-state index contributed by atoms with van der Waals surface area (Å²) >= 11 is 0. The second kappa shape index (κ2) is 8.93. The van der Waals surface area contributed by atoms with Crippen molar-refractivity contribution in [3.05, 3.63) is 0 Å². The molecule has 0 radical (unpaired) electrons. The Bertz CT molecular complexity index is 176. The maximum absolute atomic E-state index is 5.47. The molecule has 0 aromatic rings. The van der Waals surface area contributed by atoms with E-state index in [-0.39, 0.29) is 0 Å². The van der Waals surface area contributed by atoms with E-state index in [9.17, 15) is 0 Å². The molecule has 0 spiro atoms. The van der Waals surface area contributed by atoms with Crippen molar-refractivity contribution in [3.8, 4) is 0 Å². The molecule has 1 rings (SSSR count). The van der Waals surface area contributed by atoms with E-state index in [0.717, 1.165) is 5.92 Å². The smallest absolute Gasteiger partial charge is 0.0571 e. The van der Waals surface area contributed by atoms with Crippen LogP contribution in [0.1, 0.15) is 60.3 Å². The lowest BCUT2D eigenvalue weighted by molar-refractivity contribution is 0.0348. The van der Waals surface area contributed by atoms with Crippen LogP contribution in [0.15, 0.2) is 0 Å². The van der Waals surface area contributed by atoms with E-state index in [1.165, 1.54) is 38.8 Å². The summed E-state index contributed by atoms with van der Waals surface area (Å²) < 4.78 is 5.47. The summed E-state index contributed by atoms with van der Waals surface area (Å²) in [7, 11) is 1.83. The van der Waals surface area contributed by atoms with Crippen LogP contribution in [-0.2, 0) is 4.74 Å². The summed E-state index contributed by atoms with van der Waals surface area (Å²) in [5.74, 6) is 0.720. The standard InChI is InChI=1S/C13H27NO.C2H6/c1-5-12(11(2)15-4)10-13(3)6-8-14-9-7-13;1-2/h11-12,14H,5-10H2,1-4H3;1-2H3. The van der Waals surface area contributed by atoms with Crippen molar-refractivity contribution in [2.75, 3.05) is 20.2 Å². The molecule has 0 bridgehead atoms. The van der Waals surface area contributed by atoms with Crippen molar-refractivity contribution in [2.45, 2.75) is 66.4 Å². The molecule has 1 heterocycles. The molecule has 0 saturated carbocycles. The average Bonchev–Trinajstić information content (AvgIpc) is 2.38. The molecule has 1 aliphatic rings. The number of rotatable bonds is 5. The van der Waals surface area contributed by atoms with Gasteiger partial charge in [0.1, 0.15) is 0 Å². The van der Waals surface area contributed by atoms with E-state index in [1.807, 2.05) is 21.0 Å². The zero-order valence-corrected chi connectivity index (χ0v) is 12.8. The number of hydrogen-bond donors (Lipinski definition) is 1. The molecule has 17 heavy (non-hydrogen) atoms. The van der Waals surface area contributed by atoms with Crippen LogP contribution in [-0.4, -0.2) is 26.3 Å². The summed E-state index contributed by atoms with van der Waals surface area (Å²) in [6.07, 6.45) is 5.60. The number of nitrogens with one attached hydrogen (secondary N) is 1. The van der Waals surface area contributed by atoms with Gasteiger partial charge in [0.2, 0.25) is 0 Å². The molecular formula is C15H33NO. The Morgan fingerprint density at radius 1 is 1.24 bits per heavy atom. The monoisotopic (exact) mass is 243 g/mol. The molecule has 2 nitrogen and oxygen atoms in total. The number of ether oxygens (including phenoxy) is 1. The fourth-order valence-electron chi connectivity index (χ4n) is 2.70. The first kappa shape index (κ1) is 16.9. The van der Waals surface area contributed by atoms with Gasteiger partial charge in [0.05, 0.1) is 6.10 Å². The summed E-state index contributed by atoms with van der Waals surface area (Å²) in [4.78, 5) is 0. The van der Waals surface area contributed by atoms with Gasteiger partial charge in [0, 0.05) is 7.11 Å². The largest absolute Gasteiger partial charge is 0.381 e. The Morgan fingerprint density at radius 2 is 1.76 bits per heavy atom. The van der Waals surface area contributed by atoms with Crippen LogP contribution in [0.5, 0.6) is 0 Å². The highest BCUT2D eigenvalue weighted by molar-refractivity contribution is 4.84. The van der Waals surface area contributed by atoms with Crippen LogP contribution in [0.3, 0.4) is 0 Å². The lowest BCUT2D eigenvalue weighted by Gasteiger charge is -2.38. The van der Waals surface area contributed by atoms with E-state index in [1.54, 1.807) is 0 Å². The van der Waals surface area contributed by atoms with Gasteiger partial charge in [0.15, 0.2) is 0 Å². The van der Waals surface area contributed by atoms with Crippen molar-refractivity contribution in [1.82, 2.24) is 5.32 Å². The normalized spacial score (nSPS) is 22.2. The van der Waals surface area contributed by atoms with Crippen LogP contribution >= 0.6 is 0 Å². The molecule has 0 amide bonds. The molecule has 0 aromatic carbocycles. The molecule has 0 aromatic heterocycles. The third-order valence-corrected chi connectivity index (χ3v) is 4.13. The molecule has 1 N–H and O–H groups in total. The second-order valence-electron chi connectivity index (χ2n) is 5.37. The van der Waals surface area contributed by atoms with E-state index < -0.39 is 0 Å². The minimum atomic E-state index is 0.404. The van der Waals surface area contributed by atoms with Gasteiger partial charge in [-0.25, -0.2) is 0 Å². The van der Waals surface area contributed by atoms with E-state index in [0.29, 0.717) is 11.5 Å². The molecule has 104 valence electrons. The maximum Gasteiger partial charge on any atom is 0.0571 e. The van der Waals surface area contributed by atoms with E-state index >= 15 is 0 Å². The molecule has 1 saturated heterocycles. The topological polar surface area (TPSA) is 21.3 Å². The van der Waals surface area contributed by atoms with Crippen molar-refractivity contribution in [2.24, 2.45) is 11.3 Å². The molecule has 2 unspecified atom stereocenters. The van der Waals surface area contributed by atoms with Crippen LogP contribution in [0.25, 0.3) is 0 Å². The van der Waals surface area contributed by atoms with E-state index in [2.05, 4.69) is 26.1 Å². The number of piperidine rings is 1. The number of methoxy groups -OCH3 is 1. The van der Waals surface area contributed by atoms with Gasteiger partial charge in [-0.2, -0.15) is 0 Å². The number of hydrogen-bond acceptors (Lipinski definition) is 2. The van der Waals surface area contributed by atoms with Crippen molar-refractivity contribution in [1.29, 1.82) is 0 Å². The van der Waals surface area contributed by atoms with Crippen molar-refractivity contribution < 1.29 is 4.74 Å². The zero-order chi connectivity index (χ0) is 13.3. The first-order valence-electron chi connectivity index (χ1n) is 7.35. The summed E-state index contributed by atoms with van der Waals surface area (Å²) in [5.41, 5.74) is 0.540. The second-order valence-corrected chi connectivity index (χ2v) is 5.37. The summed E-state index contributed by atoms with van der Waals surface area (Å²) in [6, 6.07) is 0. The van der Waals surface area contributed by atoms with Crippen molar-refractivity contribution in [3.63, 3.8) is 0 Å². The maximum atomic E-state index is 5.47. The van der Waals surface area contributed by atoms with Gasteiger partial charge in [-0.15, -0.1) is 0 Å².